The van der Waals surface area contributed by atoms with E-state index in [4.69, 9.17) is 17.8 Å². The summed E-state index contributed by atoms with van der Waals surface area (Å²) >= 11 is 0. The molecule has 0 aromatic rings. The van der Waals surface area contributed by atoms with Crippen LogP contribution in [0, 0.1) is 0 Å². The summed E-state index contributed by atoms with van der Waals surface area (Å²) in [5.74, 6) is -0.761. The second kappa shape index (κ2) is 9.41. The van der Waals surface area contributed by atoms with Crippen LogP contribution in [0.5, 0.6) is 0 Å². The molecule has 1 rings (SSSR count). The van der Waals surface area contributed by atoms with E-state index < -0.39 is 56.1 Å². The van der Waals surface area contributed by atoms with Crippen molar-refractivity contribution in [1.29, 1.82) is 0 Å². The minimum atomic E-state index is -4.08. The smallest absolute Gasteiger partial charge is 0.408 e. The fraction of sp³-hybridized carbons (Fsp3) is 0.750. The Balaban J connectivity index is 3.34. The van der Waals surface area contributed by atoms with E-state index in [0.717, 1.165) is 12.5 Å². The average Bonchev–Trinajstić information content (AvgIpc) is 2.45. The van der Waals surface area contributed by atoms with Crippen molar-refractivity contribution in [3.8, 4) is 0 Å². The van der Waals surface area contributed by atoms with Gasteiger partial charge in [0, 0.05) is 12.0 Å². The third-order valence-electron chi connectivity index (χ3n) is 3.33. The monoisotopic (exact) mass is 457 g/mol. The van der Waals surface area contributed by atoms with Gasteiger partial charge < -0.3 is 14.8 Å². The molecule has 1 aliphatic carbocycles. The second-order valence-corrected chi connectivity index (χ2v) is 10.6. The largest absolute Gasteiger partial charge is 0.463 e. The molecule has 1 amide bonds. The number of alkyl carbamates (subject to hydrolysis) is 1. The van der Waals surface area contributed by atoms with Gasteiger partial charge in [0.15, 0.2) is 0 Å². The van der Waals surface area contributed by atoms with Crippen LogP contribution in [0.3, 0.4) is 0 Å². The maximum Gasteiger partial charge on any atom is 0.408 e. The van der Waals surface area contributed by atoms with E-state index in [2.05, 4.69) is 5.32 Å². The van der Waals surface area contributed by atoms with Crippen molar-refractivity contribution in [2.45, 2.75) is 58.0 Å². The molecule has 0 unspecified atom stereocenters. The molecule has 0 bridgehead atoms. The van der Waals surface area contributed by atoms with Crippen molar-refractivity contribution in [2.75, 3.05) is 19.1 Å². The lowest BCUT2D eigenvalue weighted by molar-refractivity contribution is -0.139. The molecular formula is C16H27NO10S2. The van der Waals surface area contributed by atoms with E-state index in [1.165, 1.54) is 6.08 Å². The van der Waals surface area contributed by atoms with Crippen LogP contribution >= 0.6 is 0 Å². The Hall–Kier alpha value is -1.70. The van der Waals surface area contributed by atoms with Gasteiger partial charge in [-0.2, -0.15) is 16.8 Å². The lowest BCUT2D eigenvalue weighted by Crippen LogP contribution is -2.54. The number of hydrogen-bond donors (Lipinski definition) is 1. The lowest BCUT2D eigenvalue weighted by Gasteiger charge is -2.35. The first-order valence-electron chi connectivity index (χ1n) is 8.64. The third kappa shape index (κ3) is 9.56. The predicted octanol–water partition coefficient (Wildman–Crippen LogP) is 0.463. The SMILES string of the molecule is CCOC(=O)C1=C[C@H](NC(=O)OC(C)(C)C)[C@@H](OS(C)(=O)=O)[C@H](OS(C)(=O)=O)C1. The first-order chi connectivity index (χ1) is 13.0. The van der Waals surface area contributed by atoms with Gasteiger partial charge in [0.25, 0.3) is 20.2 Å². The van der Waals surface area contributed by atoms with Gasteiger partial charge >= 0.3 is 12.1 Å². The van der Waals surface area contributed by atoms with Gasteiger partial charge in [-0.3, -0.25) is 8.37 Å². The number of carbonyl (C=O) groups is 2. The first-order valence-corrected chi connectivity index (χ1v) is 12.3. The summed E-state index contributed by atoms with van der Waals surface area (Å²) in [5.41, 5.74) is -0.864. The maximum absolute atomic E-state index is 12.2. The zero-order valence-electron chi connectivity index (χ0n) is 17.1. The Morgan fingerprint density at radius 3 is 2.10 bits per heavy atom. The number of amides is 1. The van der Waals surface area contributed by atoms with Crippen molar-refractivity contribution < 1.29 is 44.3 Å². The molecule has 0 heterocycles. The first kappa shape index (κ1) is 25.3. The van der Waals surface area contributed by atoms with E-state index in [-0.39, 0.29) is 18.6 Å². The summed E-state index contributed by atoms with van der Waals surface area (Å²) in [6, 6.07) is -1.25. The highest BCUT2D eigenvalue weighted by molar-refractivity contribution is 7.86. The Labute approximate surface area is 171 Å². The standard InChI is InChI=1S/C16H27NO10S2/c1-7-24-14(18)10-8-11(17-15(19)25-16(2,3)4)13(27-29(6,22)23)12(9-10)26-28(5,20)21/h8,11-13H,7,9H2,1-6H3,(H,17,19)/t11-,12+,13+/m0/s1. The topological polar surface area (TPSA) is 151 Å². The molecule has 29 heavy (non-hydrogen) atoms. The van der Waals surface area contributed by atoms with Crippen molar-refractivity contribution in [3.63, 3.8) is 0 Å². The maximum atomic E-state index is 12.2. The number of carbonyl (C=O) groups excluding carboxylic acids is 2. The summed E-state index contributed by atoms with van der Waals surface area (Å²) in [4.78, 5) is 24.4. The van der Waals surface area contributed by atoms with Crippen LogP contribution < -0.4 is 5.32 Å². The van der Waals surface area contributed by atoms with Crippen molar-refractivity contribution >= 4 is 32.3 Å². The lowest BCUT2D eigenvalue weighted by atomic mass is 9.90. The molecule has 0 saturated heterocycles. The molecule has 0 aromatic carbocycles. The summed E-state index contributed by atoms with van der Waals surface area (Å²) in [6.07, 6.45) is -1.35. The molecule has 1 N–H and O–H groups in total. The Bertz CT molecular complexity index is 855. The zero-order chi connectivity index (χ0) is 22.6. The fourth-order valence-electron chi connectivity index (χ4n) is 2.52. The van der Waals surface area contributed by atoms with Crippen molar-refractivity contribution in [3.05, 3.63) is 11.6 Å². The summed E-state index contributed by atoms with van der Waals surface area (Å²) < 4.78 is 66.7. The van der Waals surface area contributed by atoms with E-state index in [1.54, 1.807) is 27.7 Å². The van der Waals surface area contributed by atoms with Gasteiger partial charge in [0.2, 0.25) is 0 Å². The molecule has 13 heteroatoms. The molecule has 168 valence electrons. The minimum Gasteiger partial charge on any atom is -0.463 e. The van der Waals surface area contributed by atoms with Crippen LogP contribution in [0.25, 0.3) is 0 Å². The molecule has 0 radical (unpaired) electrons. The Kier molecular flexibility index (Phi) is 8.22. The van der Waals surface area contributed by atoms with E-state index >= 15 is 0 Å². The van der Waals surface area contributed by atoms with Crippen LogP contribution in [0.1, 0.15) is 34.1 Å². The number of rotatable bonds is 7. The van der Waals surface area contributed by atoms with Crippen molar-refractivity contribution in [1.82, 2.24) is 5.32 Å². The summed E-state index contributed by atoms with van der Waals surface area (Å²) in [5, 5.41) is 2.38. The van der Waals surface area contributed by atoms with Crippen LogP contribution in [0.15, 0.2) is 11.6 Å². The molecular weight excluding hydrogens is 430 g/mol. The average molecular weight is 458 g/mol. The van der Waals surface area contributed by atoms with Crippen LogP contribution in [-0.4, -0.2) is 71.9 Å². The summed E-state index contributed by atoms with van der Waals surface area (Å²) in [7, 11) is -8.13. The van der Waals surface area contributed by atoms with Crippen LogP contribution in [0.2, 0.25) is 0 Å². The molecule has 11 nitrogen and oxygen atoms in total. The van der Waals surface area contributed by atoms with Crippen LogP contribution in [-0.2, 0) is 42.9 Å². The molecule has 0 aromatic heterocycles. The molecule has 1 aliphatic rings. The van der Waals surface area contributed by atoms with Crippen LogP contribution in [0.4, 0.5) is 4.79 Å². The fourth-order valence-corrected chi connectivity index (χ4v) is 3.80. The Morgan fingerprint density at radius 1 is 1.10 bits per heavy atom. The normalized spacial score (nSPS) is 23.1. The van der Waals surface area contributed by atoms with E-state index in [0.29, 0.717) is 0 Å². The predicted molar refractivity (Wildman–Crippen MR) is 102 cm³/mol. The van der Waals surface area contributed by atoms with Crippen molar-refractivity contribution in [2.24, 2.45) is 0 Å². The number of nitrogens with one attached hydrogen (secondary N) is 1. The molecule has 0 aliphatic heterocycles. The highest BCUT2D eigenvalue weighted by Gasteiger charge is 2.42. The number of hydrogen-bond acceptors (Lipinski definition) is 10. The highest BCUT2D eigenvalue weighted by Crippen LogP contribution is 2.28. The third-order valence-corrected chi connectivity index (χ3v) is 4.50. The molecule has 0 saturated carbocycles. The van der Waals surface area contributed by atoms with E-state index in [9.17, 15) is 26.4 Å². The summed E-state index contributed by atoms with van der Waals surface area (Å²) in [6.45, 7) is 6.49. The van der Waals surface area contributed by atoms with Gasteiger partial charge in [0.1, 0.15) is 17.8 Å². The molecule has 0 fully saturated rings. The minimum absolute atomic E-state index is 0.00471. The number of esters is 1. The molecule has 0 spiro atoms. The molecule has 3 atom stereocenters. The van der Waals surface area contributed by atoms with Gasteiger partial charge in [-0.1, -0.05) is 0 Å². The zero-order valence-corrected chi connectivity index (χ0v) is 18.8. The van der Waals surface area contributed by atoms with Gasteiger partial charge in [-0.05, 0) is 33.8 Å². The highest BCUT2D eigenvalue weighted by atomic mass is 32.2. The van der Waals surface area contributed by atoms with Gasteiger partial charge in [-0.15, -0.1) is 0 Å². The van der Waals surface area contributed by atoms with E-state index in [1.807, 2.05) is 0 Å². The number of ether oxygens (including phenoxy) is 2. The van der Waals surface area contributed by atoms with Gasteiger partial charge in [0.05, 0.1) is 25.2 Å². The van der Waals surface area contributed by atoms with Gasteiger partial charge in [-0.25, -0.2) is 9.59 Å². The second-order valence-electron chi connectivity index (χ2n) is 7.39. The Morgan fingerprint density at radius 2 is 1.66 bits per heavy atom. The quantitative estimate of drug-likeness (QED) is 0.421.